The van der Waals surface area contributed by atoms with E-state index in [9.17, 15) is 4.79 Å². The molecule has 4 aromatic rings. The number of fused-ring (bicyclic) bond motifs is 1. The second kappa shape index (κ2) is 11.3. The van der Waals surface area contributed by atoms with Crippen LogP contribution in [0.3, 0.4) is 0 Å². The highest BCUT2D eigenvalue weighted by molar-refractivity contribution is 6.32. The van der Waals surface area contributed by atoms with Crippen molar-refractivity contribution >= 4 is 26.4 Å². The number of carbonyl (C=O) groups excluding carboxylic acids is 1. The lowest BCUT2D eigenvalue weighted by Crippen LogP contribution is -2.15. The van der Waals surface area contributed by atoms with Crippen LogP contribution in [-0.4, -0.2) is 56.1 Å². The van der Waals surface area contributed by atoms with Crippen molar-refractivity contribution in [2.24, 2.45) is 0 Å². The zero-order valence-electron chi connectivity index (χ0n) is 23.5. The van der Waals surface area contributed by atoms with Crippen LogP contribution in [0.2, 0.25) is 5.04 Å². The van der Waals surface area contributed by atoms with E-state index >= 15 is 0 Å². The normalized spacial score (nSPS) is 11.3. The highest BCUT2D eigenvalue weighted by Gasteiger charge is 2.25. The molecule has 0 unspecified atom stereocenters. The van der Waals surface area contributed by atoms with Crippen molar-refractivity contribution in [2.45, 2.75) is 25.8 Å². The van der Waals surface area contributed by atoms with Crippen LogP contribution in [-0.2, 0) is 0 Å². The van der Waals surface area contributed by atoms with Crippen molar-refractivity contribution in [1.29, 1.82) is 0 Å². The largest absolute Gasteiger partial charge is 0.538 e. The molecular weight excluding hydrogens is 514 g/mol. The summed E-state index contributed by atoms with van der Waals surface area (Å²) >= 11 is 0. The van der Waals surface area contributed by atoms with Crippen molar-refractivity contribution in [2.75, 3.05) is 35.5 Å². The lowest BCUT2D eigenvalue weighted by Gasteiger charge is -2.18. The van der Waals surface area contributed by atoms with Crippen LogP contribution in [0.5, 0.6) is 34.5 Å². The van der Waals surface area contributed by atoms with E-state index in [1.165, 1.54) is 21.3 Å². The summed E-state index contributed by atoms with van der Waals surface area (Å²) in [6.07, 6.45) is 0. The molecule has 0 saturated carbocycles. The van der Waals surface area contributed by atoms with E-state index in [-0.39, 0.29) is 20.6 Å². The Morgan fingerprint density at radius 2 is 1.41 bits per heavy atom. The van der Waals surface area contributed by atoms with E-state index in [1.54, 1.807) is 26.4 Å². The highest BCUT2D eigenvalue weighted by atomic mass is 28.2. The van der Waals surface area contributed by atoms with Gasteiger partial charge in [-0.25, -0.2) is 0 Å². The molecule has 0 atom stereocenters. The third-order valence-corrected chi connectivity index (χ3v) is 7.01. The molecule has 0 spiro atoms. The fourth-order valence-corrected chi connectivity index (χ4v) is 4.81. The molecule has 3 aromatic carbocycles. The van der Waals surface area contributed by atoms with Crippen molar-refractivity contribution in [3.8, 4) is 45.8 Å². The molecule has 0 aliphatic rings. The standard InChI is InChI=1S/C30H33NO7Si/c1-30(2,3)39-38-23-13-17(9-12-22(23)34-5)27-26(20-11-10-19(33-4)16-21(20)31-27)28(32)18-14-24(35-6)29(37-8)25(15-18)36-7/h9-16,31H,1-8H3. The van der Waals surface area contributed by atoms with E-state index in [0.29, 0.717) is 51.3 Å². The number of hydrogen-bond acceptors (Lipinski definition) is 7. The molecular formula is C30H33NO7Si. The maximum absolute atomic E-state index is 14.2. The Labute approximate surface area is 231 Å². The van der Waals surface area contributed by atoms with Gasteiger partial charge in [0.05, 0.1) is 52.3 Å². The smallest absolute Gasteiger partial charge is 0.316 e. The van der Waals surface area contributed by atoms with Crippen LogP contribution < -0.4 is 28.1 Å². The lowest BCUT2D eigenvalue weighted by atomic mass is 9.96. The Balaban J connectivity index is 1.93. The first-order chi connectivity index (χ1) is 18.6. The van der Waals surface area contributed by atoms with Crippen molar-refractivity contribution in [3.05, 3.63) is 59.7 Å². The fourth-order valence-electron chi connectivity index (χ4n) is 4.23. The number of benzene rings is 3. The van der Waals surface area contributed by atoms with Gasteiger partial charge in [-0.05, 0) is 47.5 Å². The molecule has 1 aromatic heterocycles. The van der Waals surface area contributed by atoms with Gasteiger partial charge in [0.1, 0.15) is 11.5 Å². The second-order valence-electron chi connectivity index (χ2n) is 9.85. The number of hydrogen-bond donors (Lipinski definition) is 1. The molecule has 0 aliphatic heterocycles. The predicted octanol–water partition coefficient (Wildman–Crippen LogP) is 6.33. The second-order valence-corrected chi connectivity index (χ2v) is 11.8. The molecule has 39 heavy (non-hydrogen) atoms. The lowest BCUT2D eigenvalue weighted by molar-refractivity contribution is 0.104. The zero-order valence-corrected chi connectivity index (χ0v) is 24.5. The van der Waals surface area contributed by atoms with Gasteiger partial charge in [-0.2, -0.15) is 0 Å². The zero-order chi connectivity index (χ0) is 28.3. The number of methoxy groups -OCH3 is 5. The maximum Gasteiger partial charge on any atom is 0.316 e. The molecule has 0 amide bonds. The molecule has 1 N–H and O–H groups in total. The summed E-state index contributed by atoms with van der Waals surface area (Å²) in [5, 5.41) is 0.728. The molecule has 204 valence electrons. The number of nitrogens with one attached hydrogen (secondary N) is 1. The fraction of sp³-hybridized carbons (Fsp3) is 0.300. The quantitative estimate of drug-likeness (QED) is 0.183. The summed E-state index contributed by atoms with van der Waals surface area (Å²) in [7, 11) is 7.99. The first-order valence-electron chi connectivity index (χ1n) is 12.3. The van der Waals surface area contributed by atoms with E-state index in [0.717, 1.165) is 16.5 Å². The third-order valence-electron chi connectivity index (χ3n) is 6.08. The molecule has 4 rings (SSSR count). The molecule has 0 fully saturated rings. The minimum Gasteiger partial charge on any atom is -0.538 e. The Morgan fingerprint density at radius 1 is 0.744 bits per heavy atom. The van der Waals surface area contributed by atoms with E-state index in [1.807, 2.05) is 36.4 Å². The Hall–Kier alpha value is -4.11. The molecule has 9 heteroatoms. The Bertz CT molecular complexity index is 1480. The predicted molar refractivity (Wildman–Crippen MR) is 152 cm³/mol. The van der Waals surface area contributed by atoms with E-state index < -0.39 is 0 Å². The van der Waals surface area contributed by atoms with Crippen LogP contribution in [0.1, 0.15) is 36.7 Å². The van der Waals surface area contributed by atoms with Crippen LogP contribution in [0, 0.1) is 0 Å². The van der Waals surface area contributed by atoms with E-state index in [4.69, 9.17) is 28.1 Å². The number of ether oxygens (including phenoxy) is 5. The molecule has 2 radical (unpaired) electrons. The monoisotopic (exact) mass is 547 g/mol. The van der Waals surface area contributed by atoms with Crippen LogP contribution in [0.25, 0.3) is 22.2 Å². The average molecular weight is 548 g/mol. The number of rotatable bonds is 10. The van der Waals surface area contributed by atoms with E-state index in [2.05, 4.69) is 25.8 Å². The molecule has 1 heterocycles. The first kappa shape index (κ1) is 27.9. The summed E-state index contributed by atoms with van der Waals surface area (Å²) < 4.78 is 33.6. The van der Waals surface area contributed by atoms with Gasteiger partial charge in [-0.1, -0.05) is 20.8 Å². The van der Waals surface area contributed by atoms with Gasteiger partial charge in [0, 0.05) is 22.6 Å². The van der Waals surface area contributed by atoms with Gasteiger partial charge >= 0.3 is 9.76 Å². The first-order valence-corrected chi connectivity index (χ1v) is 13.2. The number of aromatic nitrogens is 1. The Kier molecular flexibility index (Phi) is 8.10. The van der Waals surface area contributed by atoms with Crippen LogP contribution >= 0.6 is 0 Å². The summed E-state index contributed by atoms with van der Waals surface area (Å²) in [4.78, 5) is 17.7. The third kappa shape index (κ3) is 5.68. The molecule has 0 saturated heterocycles. The number of H-pyrrole nitrogens is 1. The summed E-state index contributed by atoms with van der Waals surface area (Å²) in [5.74, 6) is 2.88. The van der Waals surface area contributed by atoms with Crippen molar-refractivity contribution in [3.63, 3.8) is 0 Å². The molecule has 0 aliphatic carbocycles. The SMILES string of the molecule is COc1ccc2c(C(=O)c3cc(OC)c(OC)c(OC)c3)c(-c3ccc(OC)c(O[Si]C(C)(C)C)c3)[nH]c2c1. The highest BCUT2D eigenvalue weighted by Crippen LogP contribution is 2.42. The van der Waals surface area contributed by atoms with Gasteiger partial charge in [0.2, 0.25) is 5.75 Å². The molecule has 0 bridgehead atoms. The maximum atomic E-state index is 14.2. The van der Waals surface area contributed by atoms with Crippen molar-refractivity contribution < 1.29 is 32.9 Å². The Morgan fingerprint density at radius 3 is 1.97 bits per heavy atom. The van der Waals surface area contributed by atoms with Gasteiger partial charge < -0.3 is 33.1 Å². The topological polar surface area (TPSA) is 88.2 Å². The summed E-state index contributed by atoms with van der Waals surface area (Å²) in [5.41, 5.74) is 3.06. The average Bonchev–Trinajstić information content (AvgIpc) is 3.32. The van der Waals surface area contributed by atoms with Gasteiger partial charge in [-0.3, -0.25) is 4.79 Å². The van der Waals surface area contributed by atoms with Gasteiger partial charge in [0.15, 0.2) is 23.0 Å². The minimum absolute atomic E-state index is 0.0215. The van der Waals surface area contributed by atoms with Gasteiger partial charge in [-0.15, -0.1) is 0 Å². The summed E-state index contributed by atoms with van der Waals surface area (Å²) in [6.45, 7) is 6.34. The minimum atomic E-state index is -0.212. The van der Waals surface area contributed by atoms with Crippen LogP contribution in [0.4, 0.5) is 0 Å². The number of carbonyl (C=O) groups is 1. The number of aromatic amines is 1. The van der Waals surface area contributed by atoms with Gasteiger partial charge in [0.25, 0.3) is 0 Å². The number of ketones is 1. The van der Waals surface area contributed by atoms with Crippen LogP contribution in [0.15, 0.2) is 48.5 Å². The molecule has 8 nitrogen and oxygen atoms in total. The summed E-state index contributed by atoms with van der Waals surface area (Å²) in [6, 6.07) is 14.5. The van der Waals surface area contributed by atoms with Crippen molar-refractivity contribution in [1.82, 2.24) is 4.98 Å².